The van der Waals surface area contributed by atoms with Crippen LogP contribution in [0.15, 0.2) is 54.9 Å². The fourth-order valence-corrected chi connectivity index (χ4v) is 5.70. The first-order valence-corrected chi connectivity index (χ1v) is 12.7. The van der Waals surface area contributed by atoms with Crippen molar-refractivity contribution in [2.24, 2.45) is 5.41 Å². The number of aromatic nitrogens is 1. The summed E-state index contributed by atoms with van der Waals surface area (Å²) in [6.07, 6.45) is 11.1. The molecular weight excluding hydrogens is 410 g/mol. The molecule has 0 aliphatic carbocycles. The lowest BCUT2D eigenvalue weighted by Crippen LogP contribution is -2.54. The van der Waals surface area contributed by atoms with Crippen molar-refractivity contribution in [3.63, 3.8) is 0 Å². The Morgan fingerprint density at radius 1 is 1.09 bits per heavy atom. The Morgan fingerprint density at radius 3 is 2.61 bits per heavy atom. The van der Waals surface area contributed by atoms with Gasteiger partial charge in [0, 0.05) is 31.5 Å². The minimum Gasteiger partial charge on any atom is -0.466 e. The van der Waals surface area contributed by atoms with E-state index in [1.807, 2.05) is 25.4 Å². The number of piperidine rings is 2. The molecule has 0 N–H and O–H groups in total. The Balaban J connectivity index is 1.34. The van der Waals surface area contributed by atoms with Crippen molar-refractivity contribution in [1.82, 2.24) is 14.8 Å². The highest BCUT2D eigenvalue weighted by Crippen LogP contribution is 2.38. The zero-order valence-corrected chi connectivity index (χ0v) is 20.1. The highest BCUT2D eigenvalue weighted by molar-refractivity contribution is 5.77. The van der Waals surface area contributed by atoms with Crippen LogP contribution in [0.4, 0.5) is 0 Å². The molecule has 0 radical (unpaired) electrons. The first-order chi connectivity index (χ1) is 16.2. The van der Waals surface area contributed by atoms with Gasteiger partial charge in [-0.15, -0.1) is 0 Å². The maximum Gasteiger partial charge on any atom is 0.313 e. The molecule has 5 nitrogen and oxygen atoms in total. The van der Waals surface area contributed by atoms with Crippen LogP contribution in [0.2, 0.25) is 0 Å². The second-order valence-electron chi connectivity index (χ2n) is 9.78. The van der Waals surface area contributed by atoms with Gasteiger partial charge in [0.15, 0.2) is 0 Å². The first kappa shape index (κ1) is 23.9. The van der Waals surface area contributed by atoms with Gasteiger partial charge in [0.1, 0.15) is 0 Å². The normalized spacial score (nSPS) is 22.8. The molecule has 2 aromatic rings. The lowest BCUT2D eigenvalue weighted by atomic mass is 9.75. The van der Waals surface area contributed by atoms with Gasteiger partial charge in [0.25, 0.3) is 0 Å². The number of hydrogen-bond acceptors (Lipinski definition) is 5. The van der Waals surface area contributed by atoms with E-state index in [9.17, 15) is 4.79 Å². The molecule has 2 saturated heterocycles. The molecule has 2 aliphatic heterocycles. The zero-order chi connectivity index (χ0) is 22.9. The topological polar surface area (TPSA) is 45.7 Å². The molecule has 0 spiro atoms. The Morgan fingerprint density at radius 2 is 1.88 bits per heavy atom. The molecule has 3 heterocycles. The molecule has 5 heteroatoms. The number of benzene rings is 1. The number of pyridine rings is 1. The van der Waals surface area contributed by atoms with Crippen molar-refractivity contribution in [1.29, 1.82) is 0 Å². The van der Waals surface area contributed by atoms with E-state index in [0.29, 0.717) is 12.6 Å². The molecule has 0 amide bonds. The quantitative estimate of drug-likeness (QED) is 0.519. The van der Waals surface area contributed by atoms with Gasteiger partial charge in [-0.2, -0.15) is 0 Å². The van der Waals surface area contributed by atoms with Gasteiger partial charge in [-0.3, -0.25) is 19.6 Å². The largest absolute Gasteiger partial charge is 0.466 e. The van der Waals surface area contributed by atoms with Crippen molar-refractivity contribution in [2.45, 2.75) is 64.5 Å². The van der Waals surface area contributed by atoms with Crippen LogP contribution in [0.3, 0.4) is 0 Å². The van der Waals surface area contributed by atoms with Crippen LogP contribution in [0.25, 0.3) is 0 Å². The third kappa shape index (κ3) is 6.42. The summed E-state index contributed by atoms with van der Waals surface area (Å²) in [4.78, 5) is 22.6. The number of hydrogen-bond donors (Lipinski definition) is 0. The van der Waals surface area contributed by atoms with E-state index >= 15 is 0 Å². The molecule has 0 unspecified atom stereocenters. The van der Waals surface area contributed by atoms with E-state index in [-0.39, 0.29) is 11.4 Å². The molecule has 0 saturated carbocycles. The molecular formula is C28H39N3O2. The van der Waals surface area contributed by atoms with Gasteiger partial charge in [-0.1, -0.05) is 36.4 Å². The number of esters is 1. The average Bonchev–Trinajstić information content (AvgIpc) is 2.86. The summed E-state index contributed by atoms with van der Waals surface area (Å²) in [7, 11) is 0. The Bertz CT molecular complexity index is 852. The second kappa shape index (κ2) is 11.8. The monoisotopic (exact) mass is 449 g/mol. The molecule has 178 valence electrons. The van der Waals surface area contributed by atoms with Crippen LogP contribution in [0, 0.1) is 5.41 Å². The number of carbonyl (C=O) groups excluding carboxylic acids is 1. The average molecular weight is 450 g/mol. The molecule has 33 heavy (non-hydrogen) atoms. The third-order valence-electron chi connectivity index (χ3n) is 7.48. The van der Waals surface area contributed by atoms with Crippen LogP contribution < -0.4 is 0 Å². The lowest BCUT2D eigenvalue weighted by Gasteiger charge is -2.46. The van der Waals surface area contributed by atoms with E-state index in [2.05, 4.69) is 51.2 Å². The summed E-state index contributed by atoms with van der Waals surface area (Å²) in [5, 5.41) is 0. The summed E-state index contributed by atoms with van der Waals surface area (Å²) in [5.41, 5.74) is 2.29. The maximum atomic E-state index is 13.2. The van der Waals surface area contributed by atoms with Crippen molar-refractivity contribution in [2.75, 3.05) is 32.8 Å². The summed E-state index contributed by atoms with van der Waals surface area (Å²) in [6.45, 7) is 7.54. The number of rotatable bonds is 9. The molecule has 1 aromatic carbocycles. The van der Waals surface area contributed by atoms with Gasteiger partial charge >= 0.3 is 5.97 Å². The van der Waals surface area contributed by atoms with E-state index in [1.54, 1.807) is 0 Å². The van der Waals surface area contributed by atoms with Gasteiger partial charge in [0.05, 0.1) is 12.0 Å². The fourth-order valence-electron chi connectivity index (χ4n) is 5.70. The predicted molar refractivity (Wildman–Crippen MR) is 132 cm³/mol. The molecule has 2 aliphatic rings. The Labute approximate surface area is 199 Å². The summed E-state index contributed by atoms with van der Waals surface area (Å²) >= 11 is 0. The maximum absolute atomic E-state index is 13.2. The summed E-state index contributed by atoms with van der Waals surface area (Å²) < 4.78 is 5.63. The number of carbonyl (C=O) groups is 1. The highest BCUT2D eigenvalue weighted by atomic mass is 16.5. The van der Waals surface area contributed by atoms with Crippen LogP contribution >= 0.6 is 0 Å². The Hall–Kier alpha value is -2.24. The van der Waals surface area contributed by atoms with E-state index in [4.69, 9.17) is 4.74 Å². The van der Waals surface area contributed by atoms with Gasteiger partial charge in [-0.05, 0) is 88.7 Å². The van der Waals surface area contributed by atoms with Crippen molar-refractivity contribution in [3.05, 3.63) is 66.0 Å². The van der Waals surface area contributed by atoms with Crippen molar-refractivity contribution >= 4 is 5.97 Å². The minimum atomic E-state index is -0.351. The van der Waals surface area contributed by atoms with Gasteiger partial charge in [0.2, 0.25) is 0 Å². The standard InChI is InChI=1S/C28H39N3O2/c1-2-33-27(32)28(15-6-11-24-9-4-3-5-10-24)16-8-18-31(23-28)26-13-19-30(20-14-26)22-25-12-7-17-29-21-25/h3-5,7,9-10,12,17,21,26H,2,6,8,11,13-16,18-20,22-23H2,1H3/t28-/m0/s1. The van der Waals surface area contributed by atoms with Crippen molar-refractivity contribution < 1.29 is 9.53 Å². The molecule has 4 rings (SSSR count). The second-order valence-corrected chi connectivity index (χ2v) is 9.78. The van der Waals surface area contributed by atoms with Crippen LogP contribution in [0.1, 0.15) is 56.6 Å². The van der Waals surface area contributed by atoms with Crippen LogP contribution in [-0.4, -0.2) is 59.6 Å². The zero-order valence-electron chi connectivity index (χ0n) is 20.1. The predicted octanol–water partition coefficient (Wildman–Crippen LogP) is 4.71. The molecule has 1 atom stereocenters. The van der Waals surface area contributed by atoms with Crippen LogP contribution in [-0.2, 0) is 22.5 Å². The number of ether oxygens (including phenoxy) is 1. The van der Waals surface area contributed by atoms with Crippen LogP contribution in [0.5, 0.6) is 0 Å². The van der Waals surface area contributed by atoms with Gasteiger partial charge < -0.3 is 4.74 Å². The van der Waals surface area contributed by atoms with E-state index in [0.717, 1.165) is 64.8 Å². The van der Waals surface area contributed by atoms with Crippen molar-refractivity contribution in [3.8, 4) is 0 Å². The fraction of sp³-hybridized carbons (Fsp3) is 0.571. The number of nitrogens with zero attached hydrogens (tertiary/aromatic N) is 3. The minimum absolute atomic E-state index is 0.0248. The number of aryl methyl sites for hydroxylation is 1. The number of likely N-dealkylation sites (tertiary alicyclic amines) is 2. The van der Waals surface area contributed by atoms with E-state index < -0.39 is 0 Å². The summed E-state index contributed by atoms with van der Waals surface area (Å²) in [5.74, 6) is 0.0248. The summed E-state index contributed by atoms with van der Waals surface area (Å²) in [6, 6.07) is 15.4. The Kier molecular flexibility index (Phi) is 8.51. The van der Waals surface area contributed by atoms with Gasteiger partial charge in [-0.25, -0.2) is 0 Å². The van der Waals surface area contributed by atoms with E-state index in [1.165, 1.54) is 24.0 Å². The third-order valence-corrected chi connectivity index (χ3v) is 7.48. The SMILES string of the molecule is CCOC(=O)[C@@]1(CCCc2ccccc2)CCCN(C2CCN(Cc3cccnc3)CC2)C1. The smallest absolute Gasteiger partial charge is 0.313 e. The molecule has 2 fully saturated rings. The lowest BCUT2D eigenvalue weighted by molar-refractivity contribution is -0.161. The molecule has 1 aromatic heterocycles. The first-order valence-electron chi connectivity index (χ1n) is 12.7. The highest BCUT2D eigenvalue weighted by Gasteiger charge is 2.44. The molecule has 0 bridgehead atoms.